The Kier molecular flexibility index (Phi) is 10.3. The van der Waals surface area contributed by atoms with Crippen molar-refractivity contribution in [2.45, 2.75) is 51.0 Å². The summed E-state index contributed by atoms with van der Waals surface area (Å²) >= 11 is 0. The zero-order chi connectivity index (χ0) is 26.9. The van der Waals surface area contributed by atoms with Gasteiger partial charge in [-0.1, -0.05) is 24.3 Å². The first-order chi connectivity index (χ1) is 19.2. The number of hydrogen-bond donors (Lipinski definition) is 5. The Balaban J connectivity index is 0.934. The van der Waals surface area contributed by atoms with Gasteiger partial charge in [0.15, 0.2) is 0 Å². The number of fused-ring (bicyclic) bond motifs is 1. The van der Waals surface area contributed by atoms with E-state index < -0.39 is 0 Å². The molecule has 2 heterocycles. The van der Waals surface area contributed by atoms with Gasteiger partial charge in [-0.05, 0) is 87.5 Å². The van der Waals surface area contributed by atoms with E-state index in [9.17, 15) is 0 Å². The van der Waals surface area contributed by atoms with Gasteiger partial charge in [0.05, 0.1) is 6.61 Å². The fraction of sp³-hybridized carbons (Fsp3) is 0.667. The molecule has 1 saturated carbocycles. The fourth-order valence-corrected chi connectivity index (χ4v) is 6.44. The molecule has 0 atom stereocenters. The molecule has 3 aliphatic rings. The highest BCUT2D eigenvalue weighted by atomic mass is 16.3. The highest BCUT2D eigenvalue weighted by Gasteiger charge is 2.23. The topological polar surface area (TPSA) is 115 Å². The van der Waals surface area contributed by atoms with Crippen molar-refractivity contribution in [2.24, 2.45) is 11.8 Å². The van der Waals surface area contributed by atoms with Gasteiger partial charge in [-0.3, -0.25) is 4.90 Å². The number of benzene rings is 1. The lowest BCUT2D eigenvalue weighted by Crippen LogP contribution is -2.47. The Morgan fingerprint density at radius 2 is 1.59 bits per heavy atom. The highest BCUT2D eigenvalue weighted by Crippen LogP contribution is 2.29. The third-order valence-corrected chi connectivity index (χ3v) is 8.81. The van der Waals surface area contributed by atoms with Crippen LogP contribution >= 0.6 is 0 Å². The third-order valence-electron chi connectivity index (χ3n) is 8.81. The van der Waals surface area contributed by atoms with Crippen molar-refractivity contribution < 1.29 is 5.11 Å². The molecule has 6 N–H and O–H groups in total. The van der Waals surface area contributed by atoms with E-state index in [1.165, 1.54) is 56.1 Å². The van der Waals surface area contributed by atoms with E-state index >= 15 is 0 Å². The summed E-state index contributed by atoms with van der Waals surface area (Å²) in [6.45, 7) is 8.82. The molecular formula is C30H48N8O. The van der Waals surface area contributed by atoms with Gasteiger partial charge < -0.3 is 31.7 Å². The quantitative estimate of drug-likeness (QED) is 0.246. The number of rotatable bonds is 13. The molecule has 1 saturated heterocycles. The van der Waals surface area contributed by atoms with Crippen molar-refractivity contribution in [2.75, 3.05) is 81.5 Å². The minimum atomic E-state index is 0.210. The Morgan fingerprint density at radius 1 is 0.897 bits per heavy atom. The lowest BCUT2D eigenvalue weighted by atomic mass is 9.82. The number of piperazine rings is 1. The number of anilines is 3. The lowest BCUT2D eigenvalue weighted by Gasteiger charge is -2.35. The monoisotopic (exact) mass is 536 g/mol. The van der Waals surface area contributed by atoms with E-state index in [1.54, 1.807) is 0 Å². The lowest BCUT2D eigenvalue weighted by molar-refractivity contribution is 0.188. The molecular weight excluding hydrogens is 488 g/mol. The van der Waals surface area contributed by atoms with Crippen molar-refractivity contribution in [1.82, 2.24) is 25.5 Å². The van der Waals surface area contributed by atoms with Gasteiger partial charge in [0.1, 0.15) is 11.6 Å². The predicted molar refractivity (Wildman–Crippen MR) is 159 cm³/mol. The van der Waals surface area contributed by atoms with Crippen molar-refractivity contribution >= 4 is 17.6 Å². The second-order valence-electron chi connectivity index (χ2n) is 11.7. The van der Waals surface area contributed by atoms with Crippen LogP contribution < -0.4 is 26.6 Å². The molecule has 1 aromatic carbocycles. The van der Waals surface area contributed by atoms with E-state index in [0.29, 0.717) is 23.7 Å². The van der Waals surface area contributed by atoms with Gasteiger partial charge in [0.2, 0.25) is 5.95 Å². The van der Waals surface area contributed by atoms with Crippen LogP contribution in [0.25, 0.3) is 0 Å². The molecule has 0 bridgehead atoms. The normalized spacial score (nSPS) is 22.2. The first kappa shape index (κ1) is 28.1. The summed E-state index contributed by atoms with van der Waals surface area (Å²) in [4.78, 5) is 13.8. The van der Waals surface area contributed by atoms with Crippen LogP contribution in [0.3, 0.4) is 0 Å². The van der Waals surface area contributed by atoms with Gasteiger partial charge in [-0.2, -0.15) is 9.97 Å². The summed E-state index contributed by atoms with van der Waals surface area (Å²) in [5, 5.41) is 20.1. The van der Waals surface area contributed by atoms with E-state index in [1.807, 2.05) is 6.07 Å². The molecule has 1 aromatic heterocycles. The molecule has 2 aliphatic carbocycles. The van der Waals surface area contributed by atoms with Crippen LogP contribution in [0, 0.1) is 11.8 Å². The molecule has 2 aromatic rings. The number of β-amino-alcohol motifs (C(OH)–C–C–N with tert-alkyl or cyclic N) is 1. The molecule has 0 unspecified atom stereocenters. The molecule has 39 heavy (non-hydrogen) atoms. The maximum Gasteiger partial charge on any atom is 0.226 e. The number of nitrogen functional groups attached to an aromatic ring is 1. The molecule has 0 spiro atoms. The van der Waals surface area contributed by atoms with Crippen molar-refractivity contribution in [3.05, 3.63) is 41.5 Å². The van der Waals surface area contributed by atoms with Crippen molar-refractivity contribution in [1.29, 1.82) is 0 Å². The third kappa shape index (κ3) is 8.27. The van der Waals surface area contributed by atoms with Gasteiger partial charge in [0.25, 0.3) is 0 Å². The molecule has 2 fully saturated rings. The number of hydrogen-bond acceptors (Lipinski definition) is 9. The van der Waals surface area contributed by atoms with Gasteiger partial charge in [-0.15, -0.1) is 0 Å². The maximum atomic E-state index is 9.17. The SMILES string of the molecule is Nc1cc(N2CCN(CCO)CC2)nc(NC[C@H]2CC[C@H](CNCCCNC3Cc4ccccc4C3)CC2)n1. The average molecular weight is 537 g/mol. The smallest absolute Gasteiger partial charge is 0.226 e. The number of nitrogens with zero attached hydrogens (tertiary/aromatic N) is 4. The highest BCUT2D eigenvalue weighted by molar-refractivity contribution is 5.52. The second kappa shape index (κ2) is 14.3. The Labute approximate surface area is 234 Å². The number of aromatic nitrogens is 2. The summed E-state index contributed by atoms with van der Waals surface area (Å²) in [6.07, 6.45) is 8.63. The Morgan fingerprint density at radius 3 is 2.28 bits per heavy atom. The number of nitrogens with one attached hydrogen (secondary N) is 3. The fourth-order valence-electron chi connectivity index (χ4n) is 6.44. The van der Waals surface area contributed by atoms with Gasteiger partial charge in [-0.25, -0.2) is 0 Å². The number of aliphatic hydroxyl groups excluding tert-OH is 1. The number of nitrogens with two attached hydrogens (primary N) is 1. The largest absolute Gasteiger partial charge is 0.395 e. The van der Waals surface area contributed by atoms with Crippen LogP contribution in [-0.2, 0) is 12.8 Å². The summed E-state index contributed by atoms with van der Waals surface area (Å²) in [7, 11) is 0. The van der Waals surface area contributed by atoms with Crippen molar-refractivity contribution in [3.8, 4) is 0 Å². The molecule has 0 radical (unpaired) electrons. The standard InChI is InChI=1S/C30H48N8O/c31-28-20-29(38-14-12-37(13-15-38)16-17-39)36-30(35-28)34-22-24-8-6-23(7-9-24)21-32-10-3-11-33-27-18-25-4-1-2-5-26(25)19-27/h1-2,4-5,20,23-24,27,32-33,39H,3,6-19,21-22H2,(H3,31,34,35,36)/t23-,24-. The minimum absolute atomic E-state index is 0.210. The molecule has 5 rings (SSSR count). The predicted octanol–water partition coefficient (Wildman–Crippen LogP) is 2.13. The van der Waals surface area contributed by atoms with Gasteiger partial charge in [0, 0.05) is 51.4 Å². The maximum absolute atomic E-state index is 9.17. The Hall–Kier alpha value is -2.46. The minimum Gasteiger partial charge on any atom is -0.395 e. The molecule has 9 heteroatoms. The average Bonchev–Trinajstić information content (AvgIpc) is 3.38. The second-order valence-corrected chi connectivity index (χ2v) is 11.7. The van der Waals surface area contributed by atoms with Crippen LogP contribution in [0.2, 0.25) is 0 Å². The summed E-state index contributed by atoms with van der Waals surface area (Å²) in [5.41, 5.74) is 9.17. The molecule has 9 nitrogen and oxygen atoms in total. The first-order valence-electron chi connectivity index (χ1n) is 15.1. The first-order valence-corrected chi connectivity index (χ1v) is 15.1. The zero-order valence-electron chi connectivity index (χ0n) is 23.5. The molecule has 214 valence electrons. The van der Waals surface area contributed by atoms with Crippen LogP contribution in [0.15, 0.2) is 30.3 Å². The van der Waals surface area contributed by atoms with E-state index in [4.69, 9.17) is 15.8 Å². The van der Waals surface area contributed by atoms with Crippen LogP contribution in [0.5, 0.6) is 0 Å². The summed E-state index contributed by atoms with van der Waals surface area (Å²) in [6, 6.07) is 11.3. The molecule has 0 amide bonds. The summed E-state index contributed by atoms with van der Waals surface area (Å²) in [5.74, 6) is 3.50. The van der Waals surface area contributed by atoms with Gasteiger partial charge >= 0.3 is 0 Å². The van der Waals surface area contributed by atoms with Crippen molar-refractivity contribution in [3.63, 3.8) is 0 Å². The number of aliphatic hydroxyl groups is 1. The summed E-state index contributed by atoms with van der Waals surface area (Å²) < 4.78 is 0. The molecule has 1 aliphatic heterocycles. The van der Waals surface area contributed by atoms with E-state index in [2.05, 4.69) is 55.0 Å². The zero-order valence-corrected chi connectivity index (χ0v) is 23.5. The Bertz CT molecular complexity index is 995. The van der Waals surface area contributed by atoms with Crippen LogP contribution in [0.1, 0.15) is 43.2 Å². The van der Waals surface area contributed by atoms with Crippen LogP contribution in [0.4, 0.5) is 17.6 Å². The van der Waals surface area contributed by atoms with Crippen LogP contribution in [-0.4, -0.2) is 91.5 Å². The van der Waals surface area contributed by atoms with E-state index in [0.717, 1.165) is 70.6 Å². The van der Waals surface area contributed by atoms with E-state index in [-0.39, 0.29) is 6.61 Å².